The molecule has 0 unspecified atom stereocenters. The van der Waals surface area contributed by atoms with Crippen molar-refractivity contribution < 1.29 is 4.74 Å². The van der Waals surface area contributed by atoms with Gasteiger partial charge in [0.1, 0.15) is 11.5 Å². The molecule has 4 rings (SSSR count). The Hall–Kier alpha value is -2.55. The molecule has 1 aromatic heterocycles. The molecule has 0 saturated carbocycles. The SMILES string of the molecule is Clc1ccc(-c2cc(Oc3ccccc3)c3ccccc3n2)cc1Cl. The first-order chi connectivity index (χ1) is 12.2. The van der Waals surface area contributed by atoms with Crippen LogP contribution in [0.15, 0.2) is 78.9 Å². The third kappa shape index (κ3) is 3.32. The van der Waals surface area contributed by atoms with E-state index in [-0.39, 0.29) is 0 Å². The van der Waals surface area contributed by atoms with E-state index < -0.39 is 0 Å². The first-order valence-electron chi connectivity index (χ1n) is 7.79. The maximum absolute atomic E-state index is 6.16. The summed E-state index contributed by atoms with van der Waals surface area (Å²) in [7, 11) is 0. The van der Waals surface area contributed by atoms with Crippen molar-refractivity contribution in [2.24, 2.45) is 0 Å². The largest absolute Gasteiger partial charge is 0.457 e. The van der Waals surface area contributed by atoms with E-state index in [1.54, 1.807) is 6.07 Å². The van der Waals surface area contributed by atoms with E-state index in [9.17, 15) is 0 Å². The number of benzene rings is 3. The molecule has 3 aromatic carbocycles. The third-order valence-corrected chi connectivity index (χ3v) is 4.60. The average molecular weight is 366 g/mol. The van der Waals surface area contributed by atoms with Gasteiger partial charge in [0, 0.05) is 17.0 Å². The lowest BCUT2D eigenvalue weighted by Crippen LogP contribution is -1.91. The summed E-state index contributed by atoms with van der Waals surface area (Å²) in [5.41, 5.74) is 2.53. The summed E-state index contributed by atoms with van der Waals surface area (Å²) in [6.45, 7) is 0. The molecule has 2 nitrogen and oxygen atoms in total. The quantitative estimate of drug-likeness (QED) is 0.389. The lowest BCUT2D eigenvalue weighted by atomic mass is 10.1. The minimum Gasteiger partial charge on any atom is -0.457 e. The molecular weight excluding hydrogens is 353 g/mol. The van der Waals surface area contributed by atoms with Crippen molar-refractivity contribution in [3.8, 4) is 22.8 Å². The van der Waals surface area contributed by atoms with E-state index in [1.807, 2.05) is 72.8 Å². The molecule has 0 spiro atoms. The van der Waals surface area contributed by atoms with Gasteiger partial charge in [0.05, 0.1) is 21.3 Å². The molecule has 0 N–H and O–H groups in total. The predicted molar refractivity (Wildman–Crippen MR) is 104 cm³/mol. The summed E-state index contributed by atoms with van der Waals surface area (Å²) in [5, 5.41) is 1.97. The van der Waals surface area contributed by atoms with E-state index in [0.717, 1.165) is 33.7 Å². The van der Waals surface area contributed by atoms with Gasteiger partial charge in [0.15, 0.2) is 0 Å². The average Bonchev–Trinajstić information content (AvgIpc) is 2.65. The number of pyridine rings is 1. The molecule has 0 amide bonds. The van der Waals surface area contributed by atoms with Gasteiger partial charge in [-0.25, -0.2) is 4.98 Å². The summed E-state index contributed by atoms with van der Waals surface area (Å²) < 4.78 is 6.11. The summed E-state index contributed by atoms with van der Waals surface area (Å²) in [4.78, 5) is 4.74. The van der Waals surface area contributed by atoms with Gasteiger partial charge in [0.2, 0.25) is 0 Å². The molecular formula is C21H13Cl2NO. The van der Waals surface area contributed by atoms with Crippen LogP contribution in [0.25, 0.3) is 22.2 Å². The van der Waals surface area contributed by atoms with Gasteiger partial charge in [0.25, 0.3) is 0 Å². The van der Waals surface area contributed by atoms with Gasteiger partial charge in [-0.05, 0) is 36.4 Å². The number of halogens is 2. The van der Waals surface area contributed by atoms with E-state index in [4.69, 9.17) is 32.9 Å². The minimum atomic E-state index is 0.500. The molecule has 25 heavy (non-hydrogen) atoms. The Morgan fingerprint density at radius 2 is 1.48 bits per heavy atom. The van der Waals surface area contributed by atoms with Crippen LogP contribution >= 0.6 is 23.2 Å². The van der Waals surface area contributed by atoms with Crippen LogP contribution in [0.4, 0.5) is 0 Å². The van der Waals surface area contributed by atoms with Crippen molar-refractivity contribution in [3.05, 3.63) is 88.9 Å². The molecule has 0 aliphatic heterocycles. The standard InChI is InChI=1S/C21H13Cl2NO/c22-17-11-10-14(12-18(17)23)20-13-21(25-15-6-2-1-3-7-15)16-8-4-5-9-19(16)24-20/h1-13H. The van der Waals surface area contributed by atoms with E-state index >= 15 is 0 Å². The van der Waals surface area contributed by atoms with Gasteiger partial charge in [-0.2, -0.15) is 0 Å². The highest BCUT2D eigenvalue weighted by Gasteiger charge is 2.10. The van der Waals surface area contributed by atoms with Crippen LogP contribution in [0, 0.1) is 0 Å². The number of hydrogen-bond donors (Lipinski definition) is 0. The normalized spacial score (nSPS) is 10.8. The van der Waals surface area contributed by atoms with Crippen LogP contribution in [0.1, 0.15) is 0 Å². The fourth-order valence-electron chi connectivity index (χ4n) is 2.65. The molecule has 4 aromatic rings. The zero-order valence-electron chi connectivity index (χ0n) is 13.1. The van der Waals surface area contributed by atoms with Gasteiger partial charge in [-0.3, -0.25) is 0 Å². The van der Waals surface area contributed by atoms with E-state index in [0.29, 0.717) is 10.0 Å². The van der Waals surface area contributed by atoms with Crippen LogP contribution in [-0.4, -0.2) is 4.98 Å². The van der Waals surface area contributed by atoms with Crippen LogP contribution in [0.3, 0.4) is 0 Å². The Morgan fingerprint density at radius 1 is 0.720 bits per heavy atom. The monoisotopic (exact) mass is 365 g/mol. The van der Waals surface area contributed by atoms with Crippen LogP contribution in [0.5, 0.6) is 11.5 Å². The van der Waals surface area contributed by atoms with Crippen molar-refractivity contribution in [2.45, 2.75) is 0 Å². The van der Waals surface area contributed by atoms with Gasteiger partial charge < -0.3 is 4.74 Å². The molecule has 0 aliphatic carbocycles. The van der Waals surface area contributed by atoms with Gasteiger partial charge in [-0.1, -0.05) is 59.6 Å². The Morgan fingerprint density at radius 3 is 2.28 bits per heavy atom. The van der Waals surface area contributed by atoms with Crippen LogP contribution in [-0.2, 0) is 0 Å². The smallest absolute Gasteiger partial charge is 0.138 e. The topological polar surface area (TPSA) is 22.1 Å². The number of para-hydroxylation sites is 2. The Bertz CT molecular complexity index is 1050. The van der Waals surface area contributed by atoms with Crippen LogP contribution < -0.4 is 4.74 Å². The van der Waals surface area contributed by atoms with Gasteiger partial charge >= 0.3 is 0 Å². The molecule has 0 aliphatic rings. The number of nitrogens with zero attached hydrogens (tertiary/aromatic N) is 1. The van der Waals surface area contributed by atoms with Gasteiger partial charge in [-0.15, -0.1) is 0 Å². The highest BCUT2D eigenvalue weighted by Crippen LogP contribution is 2.34. The highest BCUT2D eigenvalue weighted by molar-refractivity contribution is 6.42. The molecule has 0 radical (unpaired) electrons. The fraction of sp³-hybridized carbons (Fsp3) is 0. The Kier molecular flexibility index (Phi) is 4.31. The number of hydrogen-bond acceptors (Lipinski definition) is 2. The second-order valence-electron chi connectivity index (χ2n) is 5.57. The second kappa shape index (κ2) is 6.75. The van der Waals surface area contributed by atoms with Crippen molar-refractivity contribution >= 4 is 34.1 Å². The summed E-state index contributed by atoms with van der Waals surface area (Å²) in [6.07, 6.45) is 0. The van der Waals surface area contributed by atoms with Crippen molar-refractivity contribution in [2.75, 3.05) is 0 Å². The van der Waals surface area contributed by atoms with Crippen molar-refractivity contribution in [1.82, 2.24) is 4.98 Å². The zero-order chi connectivity index (χ0) is 17.2. The molecule has 4 heteroatoms. The van der Waals surface area contributed by atoms with Crippen LogP contribution in [0.2, 0.25) is 10.0 Å². The number of fused-ring (bicyclic) bond motifs is 1. The molecule has 0 saturated heterocycles. The minimum absolute atomic E-state index is 0.500. The highest BCUT2D eigenvalue weighted by atomic mass is 35.5. The zero-order valence-corrected chi connectivity index (χ0v) is 14.6. The summed E-state index contributed by atoms with van der Waals surface area (Å²) in [6, 6.07) is 25.0. The third-order valence-electron chi connectivity index (χ3n) is 3.86. The fourth-order valence-corrected chi connectivity index (χ4v) is 2.94. The Labute approximate surface area is 155 Å². The molecule has 122 valence electrons. The maximum Gasteiger partial charge on any atom is 0.138 e. The number of ether oxygens (including phenoxy) is 1. The number of rotatable bonds is 3. The molecule has 0 bridgehead atoms. The van der Waals surface area contributed by atoms with E-state index in [1.165, 1.54) is 0 Å². The summed E-state index contributed by atoms with van der Waals surface area (Å²) >= 11 is 12.2. The lowest BCUT2D eigenvalue weighted by Gasteiger charge is -2.11. The molecule has 0 atom stereocenters. The first-order valence-corrected chi connectivity index (χ1v) is 8.54. The van der Waals surface area contributed by atoms with Crippen molar-refractivity contribution in [3.63, 3.8) is 0 Å². The van der Waals surface area contributed by atoms with Crippen molar-refractivity contribution in [1.29, 1.82) is 0 Å². The molecule has 0 fully saturated rings. The Balaban J connectivity index is 1.87. The second-order valence-corrected chi connectivity index (χ2v) is 6.38. The first kappa shape index (κ1) is 15.9. The predicted octanol–water partition coefficient (Wildman–Crippen LogP) is 7.00. The van der Waals surface area contributed by atoms with E-state index in [2.05, 4.69) is 0 Å². The molecule has 1 heterocycles. The maximum atomic E-state index is 6.16. The number of aromatic nitrogens is 1. The summed E-state index contributed by atoms with van der Waals surface area (Å²) in [5.74, 6) is 1.52. The lowest BCUT2D eigenvalue weighted by molar-refractivity contribution is 0.488.